The van der Waals surface area contributed by atoms with E-state index >= 15 is 0 Å². The summed E-state index contributed by atoms with van der Waals surface area (Å²) < 4.78 is 1.37. The molecular formula is C17H20N2S2. The predicted octanol–water partition coefficient (Wildman–Crippen LogP) is 4.83. The van der Waals surface area contributed by atoms with Gasteiger partial charge in [-0.1, -0.05) is 18.2 Å². The molecular weight excluding hydrogens is 296 g/mol. The minimum absolute atomic E-state index is 0.398. The van der Waals surface area contributed by atoms with Crippen LogP contribution < -0.4 is 11.1 Å². The van der Waals surface area contributed by atoms with Gasteiger partial charge in [0.05, 0.1) is 5.00 Å². The summed E-state index contributed by atoms with van der Waals surface area (Å²) in [5, 5.41) is 8.21. The smallest absolute Gasteiger partial charge is 0.0859 e. The van der Waals surface area contributed by atoms with Gasteiger partial charge >= 0.3 is 0 Å². The van der Waals surface area contributed by atoms with Gasteiger partial charge in [-0.25, -0.2) is 0 Å². The second kappa shape index (κ2) is 6.60. The molecule has 0 bridgehead atoms. The molecule has 21 heavy (non-hydrogen) atoms. The third-order valence-corrected chi connectivity index (χ3v) is 5.67. The van der Waals surface area contributed by atoms with Gasteiger partial charge in [-0.05, 0) is 60.8 Å². The van der Waals surface area contributed by atoms with Crippen molar-refractivity contribution in [3.8, 4) is 0 Å². The lowest BCUT2D eigenvalue weighted by Crippen LogP contribution is -2.19. The Labute approximate surface area is 133 Å². The predicted molar refractivity (Wildman–Crippen MR) is 95.3 cm³/mol. The topological polar surface area (TPSA) is 38.0 Å². The molecule has 0 spiro atoms. The Balaban J connectivity index is 1.53. The first-order valence-electron chi connectivity index (χ1n) is 7.28. The van der Waals surface area contributed by atoms with Gasteiger partial charge in [0.2, 0.25) is 0 Å². The summed E-state index contributed by atoms with van der Waals surface area (Å²) in [4.78, 5) is 1.38. The van der Waals surface area contributed by atoms with Crippen LogP contribution in [0.1, 0.15) is 29.8 Å². The van der Waals surface area contributed by atoms with Crippen molar-refractivity contribution in [1.82, 2.24) is 5.32 Å². The average Bonchev–Trinajstić information content (AvgIpc) is 3.09. The number of fused-ring (bicyclic) bond motifs is 1. The standard InChI is InChI=1S/C17H20N2S2/c1-12(15-11-20-16-7-3-2-6-14(15)16)19-10-4-5-13-8-9-17(18)21-13/h2-3,6-9,11-12,19H,4-5,10,18H2,1H3. The first kappa shape index (κ1) is 14.6. The second-order valence-electron chi connectivity index (χ2n) is 5.27. The quantitative estimate of drug-likeness (QED) is 0.639. The van der Waals surface area contributed by atoms with Crippen molar-refractivity contribution in [2.45, 2.75) is 25.8 Å². The fourth-order valence-corrected chi connectivity index (χ4v) is 4.43. The Kier molecular flexibility index (Phi) is 4.58. The van der Waals surface area contributed by atoms with Gasteiger partial charge in [-0.3, -0.25) is 0 Å². The number of nitrogen functional groups attached to an aromatic ring is 1. The average molecular weight is 316 g/mol. The van der Waals surface area contributed by atoms with E-state index in [1.165, 1.54) is 20.5 Å². The van der Waals surface area contributed by atoms with Crippen molar-refractivity contribution in [2.24, 2.45) is 0 Å². The molecule has 4 heteroatoms. The molecule has 1 atom stereocenters. The Bertz CT molecular complexity index is 714. The maximum Gasteiger partial charge on any atom is 0.0859 e. The van der Waals surface area contributed by atoms with Gasteiger partial charge < -0.3 is 11.1 Å². The molecule has 2 nitrogen and oxygen atoms in total. The van der Waals surface area contributed by atoms with Crippen molar-refractivity contribution in [3.63, 3.8) is 0 Å². The molecule has 0 radical (unpaired) electrons. The molecule has 3 aromatic rings. The van der Waals surface area contributed by atoms with Crippen LogP contribution >= 0.6 is 22.7 Å². The minimum Gasteiger partial charge on any atom is -0.391 e. The van der Waals surface area contributed by atoms with E-state index in [1.54, 1.807) is 11.3 Å². The number of benzene rings is 1. The van der Waals surface area contributed by atoms with Gasteiger partial charge in [-0.2, -0.15) is 0 Å². The number of anilines is 1. The fraction of sp³-hybridized carbons (Fsp3) is 0.294. The van der Waals surface area contributed by atoms with Crippen molar-refractivity contribution < 1.29 is 0 Å². The lowest BCUT2D eigenvalue weighted by atomic mass is 10.1. The third-order valence-electron chi connectivity index (χ3n) is 3.71. The highest BCUT2D eigenvalue weighted by Gasteiger charge is 2.10. The molecule has 3 rings (SSSR count). The molecule has 0 amide bonds. The molecule has 110 valence electrons. The molecule has 0 aliphatic heterocycles. The van der Waals surface area contributed by atoms with Crippen molar-refractivity contribution >= 4 is 37.8 Å². The molecule has 0 saturated carbocycles. The SMILES string of the molecule is CC(NCCCc1ccc(N)s1)c1csc2ccccc12. The van der Waals surface area contributed by atoms with E-state index in [2.05, 4.69) is 48.0 Å². The van der Waals surface area contributed by atoms with Crippen LogP contribution in [0.5, 0.6) is 0 Å². The van der Waals surface area contributed by atoms with Gasteiger partial charge in [0.1, 0.15) is 0 Å². The van der Waals surface area contributed by atoms with Crippen LogP contribution in [-0.4, -0.2) is 6.54 Å². The molecule has 2 aromatic heterocycles. The Morgan fingerprint density at radius 1 is 1.19 bits per heavy atom. The molecule has 0 aliphatic carbocycles. The van der Waals surface area contributed by atoms with Gasteiger partial charge in [-0.15, -0.1) is 22.7 Å². The number of aryl methyl sites for hydroxylation is 1. The molecule has 1 aromatic carbocycles. The number of nitrogens with two attached hydrogens (primary N) is 1. The Morgan fingerprint density at radius 2 is 2.05 bits per heavy atom. The summed E-state index contributed by atoms with van der Waals surface area (Å²) in [6, 6.07) is 13.2. The lowest BCUT2D eigenvalue weighted by Gasteiger charge is -2.13. The zero-order chi connectivity index (χ0) is 14.7. The second-order valence-corrected chi connectivity index (χ2v) is 7.38. The van der Waals surface area contributed by atoms with E-state index in [0.29, 0.717) is 6.04 Å². The summed E-state index contributed by atoms with van der Waals surface area (Å²) in [6.07, 6.45) is 2.25. The molecule has 1 unspecified atom stereocenters. The largest absolute Gasteiger partial charge is 0.391 e. The van der Waals surface area contributed by atoms with Gasteiger partial charge in [0, 0.05) is 15.6 Å². The summed E-state index contributed by atoms with van der Waals surface area (Å²) in [7, 11) is 0. The monoisotopic (exact) mass is 316 g/mol. The van der Waals surface area contributed by atoms with Crippen LogP contribution in [0.3, 0.4) is 0 Å². The number of thiophene rings is 2. The molecule has 0 fully saturated rings. The first-order valence-corrected chi connectivity index (χ1v) is 8.97. The summed E-state index contributed by atoms with van der Waals surface area (Å²) in [5.74, 6) is 0. The van der Waals surface area contributed by atoms with Crippen LogP contribution in [0.2, 0.25) is 0 Å². The number of hydrogen-bond acceptors (Lipinski definition) is 4. The number of hydrogen-bond donors (Lipinski definition) is 2. The molecule has 3 N–H and O–H groups in total. The van der Waals surface area contributed by atoms with E-state index in [9.17, 15) is 0 Å². The molecule has 2 heterocycles. The summed E-state index contributed by atoms with van der Waals surface area (Å²) in [6.45, 7) is 3.28. The zero-order valence-corrected chi connectivity index (χ0v) is 13.8. The molecule has 0 aliphatic rings. The van der Waals surface area contributed by atoms with Gasteiger partial charge in [0.25, 0.3) is 0 Å². The van der Waals surface area contributed by atoms with E-state index in [0.717, 1.165) is 24.4 Å². The van der Waals surface area contributed by atoms with E-state index in [1.807, 2.05) is 17.4 Å². The number of rotatable bonds is 6. The van der Waals surface area contributed by atoms with Crippen LogP contribution in [0.25, 0.3) is 10.1 Å². The van der Waals surface area contributed by atoms with Crippen molar-refractivity contribution in [3.05, 3.63) is 52.2 Å². The van der Waals surface area contributed by atoms with Crippen LogP contribution in [0, 0.1) is 0 Å². The van der Waals surface area contributed by atoms with E-state index < -0.39 is 0 Å². The van der Waals surface area contributed by atoms with Gasteiger partial charge in [0.15, 0.2) is 0 Å². The molecule has 0 saturated heterocycles. The normalized spacial score (nSPS) is 12.8. The minimum atomic E-state index is 0.398. The highest BCUT2D eigenvalue weighted by atomic mass is 32.1. The highest BCUT2D eigenvalue weighted by molar-refractivity contribution is 7.17. The van der Waals surface area contributed by atoms with Crippen molar-refractivity contribution in [1.29, 1.82) is 0 Å². The van der Waals surface area contributed by atoms with Crippen LogP contribution in [-0.2, 0) is 6.42 Å². The Hall–Kier alpha value is -1.36. The van der Waals surface area contributed by atoms with E-state index in [4.69, 9.17) is 5.73 Å². The lowest BCUT2D eigenvalue weighted by molar-refractivity contribution is 0.563. The fourth-order valence-electron chi connectivity index (χ4n) is 2.55. The first-order chi connectivity index (χ1) is 10.2. The maximum absolute atomic E-state index is 5.75. The van der Waals surface area contributed by atoms with Crippen LogP contribution in [0.15, 0.2) is 41.8 Å². The zero-order valence-electron chi connectivity index (χ0n) is 12.1. The summed E-state index contributed by atoms with van der Waals surface area (Å²) in [5.41, 5.74) is 7.17. The summed E-state index contributed by atoms with van der Waals surface area (Å²) >= 11 is 3.53. The van der Waals surface area contributed by atoms with Crippen LogP contribution in [0.4, 0.5) is 5.00 Å². The van der Waals surface area contributed by atoms with Crippen molar-refractivity contribution in [2.75, 3.05) is 12.3 Å². The highest BCUT2D eigenvalue weighted by Crippen LogP contribution is 2.30. The third kappa shape index (κ3) is 3.46. The van der Waals surface area contributed by atoms with E-state index in [-0.39, 0.29) is 0 Å². The maximum atomic E-state index is 5.75. The Morgan fingerprint density at radius 3 is 2.86 bits per heavy atom. The number of nitrogens with one attached hydrogen (secondary N) is 1.